The number of hydrogen-bond acceptors (Lipinski definition) is 4. The Bertz CT molecular complexity index is 367. The Morgan fingerprint density at radius 1 is 1.67 bits per heavy atom. The van der Waals surface area contributed by atoms with E-state index in [-0.39, 0.29) is 6.04 Å². The van der Waals surface area contributed by atoms with Crippen LogP contribution in [-0.4, -0.2) is 19.7 Å². The van der Waals surface area contributed by atoms with E-state index in [0.29, 0.717) is 5.69 Å². The van der Waals surface area contributed by atoms with Gasteiger partial charge in [-0.1, -0.05) is 0 Å². The standard InChI is InChI=1S/C6H11N2O2S2/c1-5(7)6-3-11(4-8-6)12(2,9)10/h3-5H,7H2,1-2H3/q+1/t5-,11?/m0/s1. The van der Waals surface area contributed by atoms with Crippen molar-refractivity contribution < 1.29 is 8.42 Å². The molecular weight excluding hydrogens is 196 g/mol. The second-order valence-electron chi connectivity index (χ2n) is 2.60. The van der Waals surface area contributed by atoms with Gasteiger partial charge < -0.3 is 5.73 Å². The van der Waals surface area contributed by atoms with Crippen molar-refractivity contribution in [3.8, 4) is 0 Å². The molecule has 0 aromatic carbocycles. The van der Waals surface area contributed by atoms with Crippen LogP contribution in [0.2, 0.25) is 0 Å². The van der Waals surface area contributed by atoms with Gasteiger partial charge in [0.2, 0.25) is 5.51 Å². The van der Waals surface area contributed by atoms with Crippen molar-refractivity contribution in [3.05, 3.63) is 16.6 Å². The zero-order valence-corrected chi connectivity index (χ0v) is 8.52. The summed E-state index contributed by atoms with van der Waals surface area (Å²) in [6.45, 7) is 1.78. The fourth-order valence-electron chi connectivity index (χ4n) is 0.683. The van der Waals surface area contributed by atoms with Crippen molar-refractivity contribution in [2.45, 2.75) is 13.0 Å². The molecular formula is C6H11N2O2S2+. The Morgan fingerprint density at radius 3 is 2.50 bits per heavy atom. The van der Waals surface area contributed by atoms with Crippen molar-refractivity contribution >= 4 is 18.4 Å². The number of rotatable bonds is 2. The molecule has 6 heteroatoms. The summed E-state index contributed by atoms with van der Waals surface area (Å²) in [5, 5.41) is 1.61. The molecule has 2 N–H and O–H groups in total. The van der Waals surface area contributed by atoms with E-state index < -0.39 is 18.4 Å². The molecule has 0 saturated heterocycles. The van der Waals surface area contributed by atoms with Gasteiger partial charge in [0.15, 0.2) is 5.38 Å². The van der Waals surface area contributed by atoms with Crippen molar-refractivity contribution in [1.82, 2.24) is 4.98 Å². The Morgan fingerprint density at radius 2 is 2.25 bits per heavy atom. The average molecular weight is 207 g/mol. The van der Waals surface area contributed by atoms with Gasteiger partial charge in [0.1, 0.15) is 15.2 Å². The van der Waals surface area contributed by atoms with Gasteiger partial charge in [0, 0.05) is 6.04 Å². The maximum atomic E-state index is 11.0. The molecule has 1 aromatic rings. The molecule has 0 fully saturated rings. The Hall–Kier alpha value is -0.460. The second-order valence-corrected chi connectivity index (χ2v) is 8.08. The van der Waals surface area contributed by atoms with E-state index in [1.807, 2.05) is 0 Å². The minimum atomic E-state index is -3.02. The monoisotopic (exact) mass is 207 g/mol. The highest BCUT2D eigenvalue weighted by atomic mass is 33.2. The SMILES string of the molecule is C[C@H](N)c1c[s+](S(C)(=O)=O)cn1. The molecule has 68 valence electrons. The van der Waals surface area contributed by atoms with E-state index in [0.717, 1.165) is 0 Å². The molecule has 0 radical (unpaired) electrons. The quantitative estimate of drug-likeness (QED) is 0.571. The maximum Gasteiger partial charge on any atom is 0.336 e. The van der Waals surface area contributed by atoms with Gasteiger partial charge in [0.25, 0.3) is 0 Å². The molecule has 1 aromatic heterocycles. The van der Waals surface area contributed by atoms with E-state index in [9.17, 15) is 8.42 Å². The van der Waals surface area contributed by atoms with E-state index in [1.54, 1.807) is 12.3 Å². The lowest BCUT2D eigenvalue weighted by atomic mass is 10.3. The van der Waals surface area contributed by atoms with Crippen LogP contribution in [0.15, 0.2) is 10.9 Å². The molecule has 1 heterocycles. The minimum absolute atomic E-state index is 0.194. The van der Waals surface area contributed by atoms with Gasteiger partial charge in [-0.15, -0.1) is 0 Å². The molecule has 0 aliphatic heterocycles. The van der Waals surface area contributed by atoms with Crippen molar-refractivity contribution in [1.29, 1.82) is 0 Å². The Labute approximate surface area is 73.7 Å². The van der Waals surface area contributed by atoms with Gasteiger partial charge in [0.05, 0.1) is 6.26 Å². The first kappa shape index (κ1) is 9.63. The van der Waals surface area contributed by atoms with E-state index in [2.05, 4.69) is 4.98 Å². The number of nitrogens with zero attached hydrogens (tertiary/aromatic N) is 1. The molecule has 12 heavy (non-hydrogen) atoms. The molecule has 4 nitrogen and oxygen atoms in total. The third kappa shape index (κ3) is 2.02. The van der Waals surface area contributed by atoms with Crippen LogP contribution in [0, 0.1) is 0 Å². The predicted octanol–water partition coefficient (Wildman–Crippen LogP) is 0.658. The van der Waals surface area contributed by atoms with Gasteiger partial charge in [-0.05, 0) is 6.92 Å². The summed E-state index contributed by atoms with van der Waals surface area (Å²) >= 11 is 0. The summed E-state index contributed by atoms with van der Waals surface area (Å²) in [5.41, 5.74) is 7.63. The van der Waals surface area contributed by atoms with Gasteiger partial charge in [-0.3, -0.25) is 0 Å². The minimum Gasteiger partial charge on any atom is -0.323 e. The molecule has 0 spiro atoms. The lowest BCUT2D eigenvalue weighted by Crippen LogP contribution is -2.04. The van der Waals surface area contributed by atoms with Crippen LogP contribution >= 0.6 is 9.50 Å². The van der Waals surface area contributed by atoms with Crippen LogP contribution in [-0.2, 0) is 8.87 Å². The third-order valence-corrected chi connectivity index (χ3v) is 5.49. The normalized spacial score (nSPS) is 16.1. The molecule has 0 bridgehead atoms. The Kier molecular flexibility index (Phi) is 2.50. The maximum absolute atomic E-state index is 11.0. The van der Waals surface area contributed by atoms with Crippen molar-refractivity contribution in [3.63, 3.8) is 0 Å². The number of hydrogen-bond donors (Lipinski definition) is 1. The molecule has 0 amide bonds. The van der Waals surface area contributed by atoms with E-state index >= 15 is 0 Å². The molecule has 2 atom stereocenters. The van der Waals surface area contributed by atoms with Gasteiger partial charge >= 0.3 is 8.87 Å². The van der Waals surface area contributed by atoms with Crippen LogP contribution in [0.1, 0.15) is 18.7 Å². The van der Waals surface area contributed by atoms with E-state index in [1.165, 1.54) is 11.8 Å². The first-order valence-electron chi connectivity index (χ1n) is 3.35. The smallest absolute Gasteiger partial charge is 0.323 e. The average Bonchev–Trinajstić information content (AvgIpc) is 2.30. The summed E-state index contributed by atoms with van der Waals surface area (Å²) in [4.78, 5) is 3.93. The zero-order chi connectivity index (χ0) is 9.35. The summed E-state index contributed by atoms with van der Waals surface area (Å²) in [6.07, 6.45) is 1.20. The molecule has 1 rings (SSSR count). The van der Waals surface area contributed by atoms with Crippen LogP contribution in [0.5, 0.6) is 0 Å². The zero-order valence-electron chi connectivity index (χ0n) is 6.89. The number of nitrogens with two attached hydrogens (primary N) is 1. The topological polar surface area (TPSA) is 73.1 Å². The van der Waals surface area contributed by atoms with Crippen LogP contribution in [0.25, 0.3) is 0 Å². The summed E-state index contributed by atoms with van der Waals surface area (Å²) in [5.74, 6) is 0. The van der Waals surface area contributed by atoms with Gasteiger partial charge in [-0.2, -0.15) is 8.42 Å². The summed E-state index contributed by atoms with van der Waals surface area (Å²) in [6, 6.07) is -0.194. The summed E-state index contributed by atoms with van der Waals surface area (Å²) < 4.78 is 22.1. The lowest BCUT2D eigenvalue weighted by molar-refractivity contribution is 0.615. The number of thiazole rings is 1. The highest BCUT2D eigenvalue weighted by molar-refractivity contribution is 8.38. The largest absolute Gasteiger partial charge is 0.336 e. The summed E-state index contributed by atoms with van der Waals surface area (Å²) in [7, 11) is -3.88. The van der Waals surface area contributed by atoms with E-state index in [4.69, 9.17) is 5.73 Å². The van der Waals surface area contributed by atoms with Crippen LogP contribution in [0.4, 0.5) is 0 Å². The highest BCUT2D eigenvalue weighted by Crippen LogP contribution is 2.25. The third-order valence-electron chi connectivity index (χ3n) is 1.36. The van der Waals surface area contributed by atoms with Crippen LogP contribution < -0.4 is 5.73 Å². The molecule has 0 aliphatic rings. The van der Waals surface area contributed by atoms with Crippen molar-refractivity contribution in [2.24, 2.45) is 5.73 Å². The van der Waals surface area contributed by atoms with Crippen molar-refractivity contribution in [2.75, 3.05) is 6.26 Å². The first-order valence-corrected chi connectivity index (χ1v) is 7.11. The fraction of sp³-hybridized carbons (Fsp3) is 0.500. The van der Waals surface area contributed by atoms with Gasteiger partial charge in [-0.25, -0.2) is 4.98 Å². The molecule has 1 unspecified atom stereocenters. The lowest BCUT2D eigenvalue weighted by Gasteiger charge is -1.93. The second kappa shape index (κ2) is 3.12. The predicted molar refractivity (Wildman–Crippen MR) is 49.6 cm³/mol. The molecule has 0 saturated carbocycles. The first-order chi connectivity index (χ1) is 5.41. The fourth-order valence-corrected chi connectivity index (χ4v) is 3.23. The van der Waals surface area contributed by atoms with Crippen LogP contribution in [0.3, 0.4) is 0 Å². The number of aromatic nitrogens is 1. The Balaban J connectivity index is 3.09. The highest BCUT2D eigenvalue weighted by Gasteiger charge is 2.21. The molecule has 0 aliphatic carbocycles.